The lowest BCUT2D eigenvalue weighted by molar-refractivity contribution is 0.253. The van der Waals surface area contributed by atoms with E-state index in [0.29, 0.717) is 13.2 Å². The van der Waals surface area contributed by atoms with Crippen molar-refractivity contribution in [1.82, 2.24) is 0 Å². The fourth-order valence-corrected chi connectivity index (χ4v) is 4.94. The number of piperazine rings is 1. The van der Waals surface area contributed by atoms with E-state index in [1.54, 1.807) is 0 Å². The van der Waals surface area contributed by atoms with Gasteiger partial charge in [0.05, 0.1) is 36.0 Å². The first-order chi connectivity index (χ1) is 22.7. The first-order valence-corrected chi connectivity index (χ1v) is 15.9. The number of benzene rings is 4. The largest absolute Gasteiger partial charge is 0.494 e. The van der Waals surface area contributed by atoms with E-state index in [0.717, 1.165) is 86.1 Å². The summed E-state index contributed by atoms with van der Waals surface area (Å²) in [5.41, 5.74) is 5.50. The number of aliphatic hydroxyl groups excluding tert-OH is 2. The Bertz CT molecular complexity index is 1390. The third-order valence-corrected chi connectivity index (χ3v) is 7.59. The van der Waals surface area contributed by atoms with Gasteiger partial charge in [-0.25, -0.2) is 0 Å². The van der Waals surface area contributed by atoms with Crippen LogP contribution in [-0.2, 0) is 0 Å². The van der Waals surface area contributed by atoms with Crippen molar-refractivity contribution in [2.45, 2.75) is 25.7 Å². The number of hydrogen-bond donors (Lipinski definition) is 2. The van der Waals surface area contributed by atoms with Crippen LogP contribution < -0.4 is 19.3 Å². The third-order valence-electron chi connectivity index (χ3n) is 7.59. The Balaban J connectivity index is 1.05. The molecule has 1 fully saturated rings. The normalized spacial score (nSPS) is 13.5. The highest BCUT2D eigenvalue weighted by Crippen LogP contribution is 2.27. The van der Waals surface area contributed by atoms with Gasteiger partial charge in [-0.15, -0.1) is 0 Å². The maximum Gasteiger partial charge on any atom is 0.119 e. The van der Waals surface area contributed by atoms with Gasteiger partial charge in [0.2, 0.25) is 0 Å². The van der Waals surface area contributed by atoms with Crippen molar-refractivity contribution in [2.75, 3.05) is 62.4 Å². The number of hydrogen-bond acceptors (Lipinski definition) is 10. The molecule has 1 heterocycles. The van der Waals surface area contributed by atoms with Crippen LogP contribution in [0.15, 0.2) is 118 Å². The zero-order valence-electron chi connectivity index (χ0n) is 26.1. The fourth-order valence-electron chi connectivity index (χ4n) is 4.94. The number of ether oxygens (including phenoxy) is 2. The molecule has 10 heteroatoms. The van der Waals surface area contributed by atoms with Crippen LogP contribution in [0.3, 0.4) is 0 Å². The molecule has 5 rings (SSSR count). The highest BCUT2D eigenvalue weighted by atomic mass is 16.5. The molecule has 46 heavy (non-hydrogen) atoms. The van der Waals surface area contributed by atoms with E-state index >= 15 is 0 Å². The second kappa shape index (κ2) is 17.6. The second-order valence-corrected chi connectivity index (χ2v) is 11.0. The minimum atomic E-state index is 0.190. The van der Waals surface area contributed by atoms with Crippen molar-refractivity contribution in [3.05, 3.63) is 97.1 Å². The predicted molar refractivity (Wildman–Crippen MR) is 182 cm³/mol. The third kappa shape index (κ3) is 10.1. The summed E-state index contributed by atoms with van der Waals surface area (Å²) >= 11 is 0. The maximum absolute atomic E-state index is 8.86. The lowest BCUT2D eigenvalue weighted by atomic mass is 10.2. The molecular weight excluding hydrogens is 580 g/mol. The van der Waals surface area contributed by atoms with Crippen molar-refractivity contribution < 1.29 is 19.7 Å². The molecule has 0 unspecified atom stereocenters. The van der Waals surface area contributed by atoms with E-state index in [-0.39, 0.29) is 13.2 Å². The number of rotatable bonds is 16. The predicted octanol–water partition coefficient (Wildman–Crippen LogP) is 8.15. The van der Waals surface area contributed by atoms with Gasteiger partial charge in [-0.3, -0.25) is 0 Å². The van der Waals surface area contributed by atoms with Crippen LogP contribution >= 0.6 is 0 Å². The van der Waals surface area contributed by atoms with Gasteiger partial charge in [-0.2, -0.15) is 20.5 Å². The number of azo groups is 2. The average molecular weight is 623 g/mol. The van der Waals surface area contributed by atoms with E-state index in [1.807, 2.05) is 72.8 Å². The van der Waals surface area contributed by atoms with Gasteiger partial charge in [0, 0.05) is 50.8 Å². The molecule has 1 aliphatic rings. The van der Waals surface area contributed by atoms with E-state index < -0.39 is 0 Å². The Morgan fingerprint density at radius 2 is 0.739 bits per heavy atom. The van der Waals surface area contributed by atoms with Crippen LogP contribution in [0.25, 0.3) is 0 Å². The van der Waals surface area contributed by atoms with Crippen LogP contribution in [0.1, 0.15) is 25.7 Å². The standard InChI is InChI=1S/C36H42N6O4/c43-25-1-3-27-45-35-17-9-31(10-18-35)39-37-29-5-13-33(14-6-29)41-21-23-42(24-22-41)34-15-7-30(8-16-34)38-40-32-11-19-36(20-12-32)46-28-4-2-26-44/h5-20,43-44H,1-4,21-28H2/b39-37+,40-38+. The zero-order valence-corrected chi connectivity index (χ0v) is 26.1. The van der Waals surface area contributed by atoms with Gasteiger partial charge < -0.3 is 29.5 Å². The molecule has 0 radical (unpaired) electrons. The molecule has 0 aliphatic carbocycles. The summed E-state index contributed by atoms with van der Waals surface area (Å²) in [5.74, 6) is 1.58. The Morgan fingerprint density at radius 1 is 0.435 bits per heavy atom. The summed E-state index contributed by atoms with van der Waals surface area (Å²) in [7, 11) is 0. The molecular formula is C36H42N6O4. The van der Waals surface area contributed by atoms with Crippen LogP contribution in [0.2, 0.25) is 0 Å². The Kier molecular flexibility index (Phi) is 12.5. The maximum atomic E-state index is 8.86. The molecule has 0 amide bonds. The minimum absolute atomic E-state index is 0.190. The van der Waals surface area contributed by atoms with Crippen molar-refractivity contribution in [1.29, 1.82) is 0 Å². The highest BCUT2D eigenvalue weighted by molar-refractivity contribution is 5.57. The number of aliphatic hydroxyl groups is 2. The molecule has 2 N–H and O–H groups in total. The van der Waals surface area contributed by atoms with E-state index in [4.69, 9.17) is 19.7 Å². The van der Waals surface area contributed by atoms with E-state index in [1.165, 1.54) is 11.4 Å². The summed E-state index contributed by atoms with van der Waals surface area (Å²) in [5, 5.41) is 35.2. The molecule has 0 spiro atoms. The molecule has 0 atom stereocenters. The van der Waals surface area contributed by atoms with Crippen molar-refractivity contribution in [3.8, 4) is 11.5 Å². The molecule has 4 aromatic carbocycles. The summed E-state index contributed by atoms with van der Waals surface area (Å²) in [4.78, 5) is 4.79. The first kappa shape index (κ1) is 32.6. The highest BCUT2D eigenvalue weighted by Gasteiger charge is 2.17. The van der Waals surface area contributed by atoms with Gasteiger partial charge in [-0.1, -0.05) is 0 Å². The molecule has 10 nitrogen and oxygen atoms in total. The van der Waals surface area contributed by atoms with Gasteiger partial charge in [-0.05, 0) is 123 Å². The van der Waals surface area contributed by atoms with Gasteiger partial charge in [0.15, 0.2) is 0 Å². The Labute approximate surface area is 270 Å². The molecule has 4 aromatic rings. The SMILES string of the molecule is OCCCCOc1ccc(/N=N/c2ccc(N3CCN(c4ccc(/N=N/c5ccc(OCCCCO)cc5)cc4)CC3)cc2)cc1. The van der Waals surface area contributed by atoms with Gasteiger partial charge in [0.1, 0.15) is 11.5 Å². The molecule has 1 saturated heterocycles. The smallest absolute Gasteiger partial charge is 0.119 e. The molecule has 0 bridgehead atoms. The summed E-state index contributed by atoms with van der Waals surface area (Å²) in [6.07, 6.45) is 3.15. The Hall–Kier alpha value is -4.80. The first-order valence-electron chi connectivity index (χ1n) is 15.9. The van der Waals surface area contributed by atoms with Crippen LogP contribution in [0.4, 0.5) is 34.1 Å². The number of anilines is 2. The van der Waals surface area contributed by atoms with Gasteiger partial charge in [0.25, 0.3) is 0 Å². The van der Waals surface area contributed by atoms with Crippen molar-refractivity contribution in [2.24, 2.45) is 20.5 Å². The number of nitrogens with zero attached hydrogens (tertiary/aromatic N) is 6. The lowest BCUT2D eigenvalue weighted by Crippen LogP contribution is -2.46. The van der Waals surface area contributed by atoms with Crippen LogP contribution in [0.5, 0.6) is 11.5 Å². The molecule has 1 aliphatic heterocycles. The molecule has 0 aromatic heterocycles. The molecule has 0 saturated carbocycles. The topological polar surface area (TPSA) is 115 Å². The zero-order chi connectivity index (χ0) is 31.8. The number of unbranched alkanes of at least 4 members (excludes halogenated alkanes) is 2. The van der Waals surface area contributed by atoms with Crippen LogP contribution in [0, 0.1) is 0 Å². The van der Waals surface area contributed by atoms with Crippen LogP contribution in [-0.4, -0.2) is 62.8 Å². The lowest BCUT2D eigenvalue weighted by Gasteiger charge is -2.37. The summed E-state index contributed by atoms with van der Waals surface area (Å²) in [6, 6.07) is 31.5. The monoisotopic (exact) mass is 622 g/mol. The summed E-state index contributed by atoms with van der Waals surface area (Å²) in [6.45, 7) is 5.27. The summed E-state index contributed by atoms with van der Waals surface area (Å²) < 4.78 is 11.3. The minimum Gasteiger partial charge on any atom is -0.494 e. The Morgan fingerprint density at radius 3 is 1.04 bits per heavy atom. The quantitative estimate of drug-likeness (QED) is 0.0963. The average Bonchev–Trinajstić information content (AvgIpc) is 3.12. The fraction of sp³-hybridized carbons (Fsp3) is 0.333. The van der Waals surface area contributed by atoms with Crippen molar-refractivity contribution in [3.63, 3.8) is 0 Å². The van der Waals surface area contributed by atoms with E-state index in [9.17, 15) is 0 Å². The van der Waals surface area contributed by atoms with E-state index in [2.05, 4.69) is 54.5 Å². The van der Waals surface area contributed by atoms with Gasteiger partial charge >= 0.3 is 0 Å². The second-order valence-electron chi connectivity index (χ2n) is 11.0. The molecule has 240 valence electrons. The van der Waals surface area contributed by atoms with Crippen molar-refractivity contribution >= 4 is 34.1 Å².